The Kier molecular flexibility index (Phi) is 4.09. The molecule has 0 aromatic heterocycles. The van der Waals surface area contributed by atoms with E-state index >= 15 is 0 Å². The van der Waals surface area contributed by atoms with Gasteiger partial charge in [-0.15, -0.1) is 0 Å². The highest BCUT2D eigenvalue weighted by atomic mass is 32.2. The second kappa shape index (κ2) is 5.43. The minimum atomic E-state index is -4.84. The van der Waals surface area contributed by atoms with Crippen LogP contribution in [0.25, 0.3) is 0 Å². The summed E-state index contributed by atoms with van der Waals surface area (Å²) in [5, 5.41) is 8.96. The maximum atomic E-state index is 12.9. The molecule has 122 valence electrons. The van der Waals surface area contributed by atoms with Crippen molar-refractivity contribution in [3.8, 4) is 5.75 Å². The Bertz CT molecular complexity index is 701. The summed E-state index contributed by atoms with van der Waals surface area (Å²) in [5.41, 5.74) is 0.101. The van der Waals surface area contributed by atoms with E-state index in [1.165, 1.54) is 7.05 Å². The van der Waals surface area contributed by atoms with Gasteiger partial charge in [0, 0.05) is 0 Å². The molecule has 2 N–H and O–H groups in total. The lowest BCUT2D eigenvalue weighted by molar-refractivity contribution is -0.217. The Morgan fingerprint density at radius 1 is 1.41 bits per heavy atom. The van der Waals surface area contributed by atoms with E-state index in [2.05, 4.69) is 4.72 Å². The zero-order valence-corrected chi connectivity index (χ0v) is 12.0. The molecule has 0 spiro atoms. The Labute approximate surface area is 123 Å². The van der Waals surface area contributed by atoms with Gasteiger partial charge in [0.05, 0.1) is 4.90 Å². The Morgan fingerprint density at radius 2 is 2.05 bits per heavy atom. The molecule has 0 bridgehead atoms. The minimum Gasteiger partial charge on any atom is -0.481 e. The van der Waals surface area contributed by atoms with Gasteiger partial charge in [-0.05, 0) is 37.2 Å². The highest BCUT2D eigenvalue weighted by Gasteiger charge is 2.52. The molecule has 6 nitrogen and oxygen atoms in total. The highest BCUT2D eigenvalue weighted by molar-refractivity contribution is 7.89. The molecule has 1 aliphatic rings. The molecule has 10 heteroatoms. The Morgan fingerprint density at radius 3 is 2.55 bits per heavy atom. The summed E-state index contributed by atoms with van der Waals surface area (Å²) in [7, 11) is -2.60. The number of hydrogen-bond acceptors (Lipinski definition) is 4. The first-order valence-corrected chi connectivity index (χ1v) is 7.57. The number of fused-ring (bicyclic) bond motifs is 1. The summed E-state index contributed by atoms with van der Waals surface area (Å²) in [6.07, 6.45) is -7.78. The van der Waals surface area contributed by atoms with Crippen molar-refractivity contribution in [2.24, 2.45) is 5.92 Å². The number of carbonyl (C=O) groups is 1. The van der Waals surface area contributed by atoms with Crippen LogP contribution >= 0.6 is 0 Å². The van der Waals surface area contributed by atoms with Crippen molar-refractivity contribution in [1.29, 1.82) is 0 Å². The van der Waals surface area contributed by atoms with Crippen molar-refractivity contribution in [2.75, 3.05) is 7.05 Å². The molecule has 1 heterocycles. The average molecular weight is 339 g/mol. The van der Waals surface area contributed by atoms with E-state index < -0.39 is 40.6 Å². The number of rotatable bonds is 3. The van der Waals surface area contributed by atoms with Gasteiger partial charge >= 0.3 is 12.1 Å². The van der Waals surface area contributed by atoms with Crippen molar-refractivity contribution < 1.29 is 36.2 Å². The summed E-state index contributed by atoms with van der Waals surface area (Å²) in [5.74, 6) is -3.66. The number of carboxylic acids is 1. The van der Waals surface area contributed by atoms with Crippen LogP contribution in [0.3, 0.4) is 0 Å². The normalized spacial score (nSPS) is 21.8. The molecular formula is C12H12F3NO5S. The van der Waals surface area contributed by atoms with Crippen LogP contribution in [0.5, 0.6) is 5.75 Å². The number of carboxylic acid groups (broad SMARTS) is 1. The fraction of sp³-hybridized carbons (Fsp3) is 0.417. The lowest BCUT2D eigenvalue weighted by atomic mass is 9.90. The van der Waals surface area contributed by atoms with Crippen molar-refractivity contribution in [3.05, 3.63) is 23.8 Å². The number of aliphatic carboxylic acids is 1. The van der Waals surface area contributed by atoms with Gasteiger partial charge in [-0.2, -0.15) is 13.2 Å². The molecule has 0 fully saturated rings. The van der Waals surface area contributed by atoms with Crippen LogP contribution in [0.15, 0.2) is 23.1 Å². The van der Waals surface area contributed by atoms with E-state index in [9.17, 15) is 26.4 Å². The fourth-order valence-corrected chi connectivity index (χ4v) is 2.97. The molecule has 22 heavy (non-hydrogen) atoms. The first kappa shape index (κ1) is 16.6. The Hall–Kier alpha value is -1.81. The molecule has 1 aromatic rings. The zero-order valence-electron chi connectivity index (χ0n) is 11.2. The molecule has 0 radical (unpaired) electrons. The van der Waals surface area contributed by atoms with Crippen LogP contribution in [-0.4, -0.2) is 38.8 Å². The smallest absolute Gasteiger partial charge is 0.426 e. The van der Waals surface area contributed by atoms with Gasteiger partial charge in [-0.25, -0.2) is 13.1 Å². The van der Waals surface area contributed by atoms with Gasteiger partial charge in [0.15, 0.2) is 0 Å². The lowest BCUT2D eigenvalue weighted by Crippen LogP contribution is -2.47. The van der Waals surface area contributed by atoms with E-state index in [1.807, 2.05) is 0 Å². The molecule has 0 aliphatic carbocycles. The number of ether oxygens (including phenoxy) is 1. The molecule has 1 aromatic carbocycles. The number of alkyl halides is 3. The fourth-order valence-electron chi connectivity index (χ4n) is 2.19. The molecule has 0 saturated carbocycles. The summed E-state index contributed by atoms with van der Waals surface area (Å²) in [6.45, 7) is 0. The first-order chi connectivity index (χ1) is 10.1. The van der Waals surface area contributed by atoms with Crippen molar-refractivity contribution in [3.63, 3.8) is 0 Å². The zero-order chi connectivity index (χ0) is 16.7. The van der Waals surface area contributed by atoms with Crippen LogP contribution in [0, 0.1) is 5.92 Å². The van der Waals surface area contributed by atoms with Crippen LogP contribution in [0.2, 0.25) is 0 Å². The molecule has 0 saturated heterocycles. The maximum absolute atomic E-state index is 12.9. The number of benzene rings is 1. The predicted octanol–water partition coefficient (Wildman–Crippen LogP) is 1.16. The van der Waals surface area contributed by atoms with Gasteiger partial charge in [0.2, 0.25) is 16.1 Å². The molecule has 2 rings (SSSR count). The van der Waals surface area contributed by atoms with Crippen LogP contribution < -0.4 is 9.46 Å². The van der Waals surface area contributed by atoms with Crippen LogP contribution in [-0.2, 0) is 21.2 Å². The van der Waals surface area contributed by atoms with E-state index in [0.29, 0.717) is 0 Å². The quantitative estimate of drug-likeness (QED) is 0.862. The SMILES string of the molecule is CNS(=O)(=O)c1ccc2c(c1)C[C@@H](C(=O)O)[C@@H](C(F)(F)F)O2. The highest BCUT2D eigenvalue weighted by Crippen LogP contribution is 2.39. The van der Waals surface area contributed by atoms with E-state index in [1.54, 1.807) is 0 Å². The van der Waals surface area contributed by atoms with Gasteiger partial charge in [0.1, 0.15) is 11.7 Å². The third-order valence-corrected chi connectivity index (χ3v) is 4.72. The molecule has 1 aliphatic heterocycles. The number of halogens is 3. The van der Waals surface area contributed by atoms with Crippen LogP contribution in [0.1, 0.15) is 5.56 Å². The number of sulfonamides is 1. The second-order valence-corrected chi connectivity index (χ2v) is 6.59. The second-order valence-electron chi connectivity index (χ2n) is 4.71. The molecular weight excluding hydrogens is 327 g/mol. The average Bonchev–Trinajstić information content (AvgIpc) is 2.44. The van der Waals surface area contributed by atoms with Crippen molar-refractivity contribution >= 4 is 16.0 Å². The van der Waals surface area contributed by atoms with Crippen LogP contribution in [0.4, 0.5) is 13.2 Å². The Balaban J connectivity index is 2.46. The monoisotopic (exact) mass is 339 g/mol. The van der Waals surface area contributed by atoms with Gasteiger partial charge in [-0.1, -0.05) is 0 Å². The predicted molar refractivity (Wildman–Crippen MR) is 68.0 cm³/mol. The summed E-state index contributed by atoms with van der Waals surface area (Å²) in [4.78, 5) is 10.9. The standard InChI is InChI=1S/C12H12F3NO5S/c1-16-22(19,20)7-2-3-9-6(4-7)5-8(11(17)18)10(21-9)12(13,14)15/h2-4,8,10,16H,5H2,1H3,(H,17,18)/t8-,10+/m1/s1. The van der Waals surface area contributed by atoms with Gasteiger partial charge in [0.25, 0.3) is 0 Å². The molecule has 0 unspecified atom stereocenters. The molecule has 0 amide bonds. The number of nitrogens with one attached hydrogen (secondary N) is 1. The summed E-state index contributed by atoms with van der Waals surface area (Å²) >= 11 is 0. The van der Waals surface area contributed by atoms with Crippen molar-refractivity contribution in [2.45, 2.75) is 23.6 Å². The summed E-state index contributed by atoms with van der Waals surface area (Å²) in [6, 6.07) is 3.30. The minimum absolute atomic E-state index is 0.101. The topological polar surface area (TPSA) is 92.7 Å². The van der Waals surface area contributed by atoms with E-state index in [4.69, 9.17) is 9.84 Å². The lowest BCUT2D eigenvalue weighted by Gasteiger charge is -2.32. The third kappa shape index (κ3) is 3.02. The first-order valence-electron chi connectivity index (χ1n) is 6.09. The summed E-state index contributed by atoms with van der Waals surface area (Å²) < 4.78 is 68.8. The van der Waals surface area contributed by atoms with Gasteiger partial charge in [-0.3, -0.25) is 4.79 Å². The third-order valence-electron chi connectivity index (χ3n) is 3.31. The largest absolute Gasteiger partial charge is 0.481 e. The number of hydrogen-bond donors (Lipinski definition) is 2. The van der Waals surface area contributed by atoms with E-state index in [-0.39, 0.29) is 16.2 Å². The molecule has 2 atom stereocenters. The van der Waals surface area contributed by atoms with E-state index in [0.717, 1.165) is 18.2 Å². The maximum Gasteiger partial charge on any atom is 0.426 e. The van der Waals surface area contributed by atoms with Crippen molar-refractivity contribution in [1.82, 2.24) is 4.72 Å². The van der Waals surface area contributed by atoms with Gasteiger partial charge < -0.3 is 9.84 Å².